The fourth-order valence-electron chi connectivity index (χ4n) is 8.51. The molecule has 0 spiro atoms. The molecule has 0 aromatic rings. The van der Waals surface area contributed by atoms with Crippen LogP contribution in [0.3, 0.4) is 0 Å². The van der Waals surface area contributed by atoms with E-state index in [2.05, 4.69) is 60.6 Å². The van der Waals surface area contributed by atoms with E-state index in [0.717, 1.165) is 28.6 Å². The van der Waals surface area contributed by atoms with Gasteiger partial charge in [-0.3, -0.25) is 0 Å². The predicted molar refractivity (Wildman–Crippen MR) is 174 cm³/mol. The van der Waals surface area contributed by atoms with Crippen molar-refractivity contribution in [3.05, 3.63) is 27.0 Å². The maximum absolute atomic E-state index is 2.71. The summed E-state index contributed by atoms with van der Waals surface area (Å²) in [5.74, 6) is 1.04. The zero-order valence-electron chi connectivity index (χ0n) is 26.6. The van der Waals surface area contributed by atoms with Gasteiger partial charge in [-0.1, -0.05) is 121 Å². The smallest absolute Gasteiger partial charge is 0.358 e. The fraction of sp³-hybridized carbons (Fsp3) is 0.882. The van der Waals surface area contributed by atoms with Crippen molar-refractivity contribution >= 4 is 15.8 Å². The molecule has 0 aromatic carbocycles. The van der Waals surface area contributed by atoms with Crippen LogP contribution in [-0.4, -0.2) is 32.9 Å². The second kappa shape index (κ2) is 17.8. The summed E-state index contributed by atoms with van der Waals surface area (Å²) in [5.41, 5.74) is 4.32. The minimum Gasteiger partial charge on any atom is -0.358 e. The molecule has 4 rings (SSSR count). The van der Waals surface area contributed by atoms with Crippen molar-refractivity contribution in [1.82, 2.24) is 0 Å². The Morgan fingerprint density at radius 1 is 0.595 bits per heavy atom. The maximum atomic E-state index is 2.71. The van der Waals surface area contributed by atoms with Gasteiger partial charge in [-0.15, -0.1) is 0 Å². The Bertz CT molecular complexity index is 566. The average molecular weight is 593 g/mol. The third kappa shape index (κ3) is 11.1. The first kappa shape index (κ1) is 38.1. The van der Waals surface area contributed by atoms with Gasteiger partial charge in [-0.05, 0) is 96.7 Å². The third-order valence-electron chi connectivity index (χ3n) is 9.29. The molecule has 4 aliphatic rings. The molecule has 0 radical (unpaired) electrons. The minimum absolute atomic E-state index is 0. The van der Waals surface area contributed by atoms with E-state index in [4.69, 9.17) is 0 Å². The van der Waals surface area contributed by atoms with Gasteiger partial charge in [0.05, 0.1) is 0 Å². The summed E-state index contributed by atoms with van der Waals surface area (Å²) < 4.78 is 0. The van der Waals surface area contributed by atoms with Gasteiger partial charge in [0.2, 0.25) is 0 Å². The zero-order valence-corrected chi connectivity index (χ0v) is 29.5. The van der Waals surface area contributed by atoms with Crippen molar-refractivity contribution in [3.8, 4) is 0 Å². The van der Waals surface area contributed by atoms with Crippen LogP contribution >= 0.6 is 15.8 Å². The summed E-state index contributed by atoms with van der Waals surface area (Å²) in [6.45, 7) is 18.0. The molecule has 0 bridgehead atoms. The van der Waals surface area contributed by atoms with Crippen LogP contribution in [0.5, 0.6) is 0 Å². The standard InChI is InChI=1S/C27H52P2.C5H8.2CH3.Fe/c1-21(29(26(2,3)4)27(5,6)7)24-19-14-20-25(24)28(22-15-10-8-11-16-22)23-17-12-9-13-18-23;1-2-4-5-3-1;;;/h21-25H,8-20H2,1-7H3;1-2H,3-5H2;2*1H3;/q;;2*-1;+2/t21-,24?,25?;;;;/m0..../s1. The largest absolute Gasteiger partial charge is 2.00 e. The summed E-state index contributed by atoms with van der Waals surface area (Å²) in [4.78, 5) is 0. The maximum Gasteiger partial charge on any atom is 2.00 e. The second-order valence-corrected chi connectivity index (χ2v) is 21.3. The van der Waals surface area contributed by atoms with E-state index in [1.54, 1.807) is 64.2 Å². The summed E-state index contributed by atoms with van der Waals surface area (Å²) in [6.07, 6.45) is 28.7. The number of allylic oxidation sites excluding steroid dienone is 2. The van der Waals surface area contributed by atoms with Gasteiger partial charge in [-0.2, -0.15) is 0 Å². The summed E-state index contributed by atoms with van der Waals surface area (Å²) in [5, 5.41) is 0.942. The predicted octanol–water partition coefficient (Wildman–Crippen LogP) is 12.4. The van der Waals surface area contributed by atoms with E-state index in [9.17, 15) is 0 Å². The van der Waals surface area contributed by atoms with Gasteiger partial charge in [0, 0.05) is 0 Å². The molecule has 0 saturated heterocycles. The molecule has 0 aliphatic heterocycles. The van der Waals surface area contributed by atoms with Crippen molar-refractivity contribution in [2.24, 2.45) is 5.92 Å². The normalized spacial score (nSPS) is 26.1. The first-order valence-corrected chi connectivity index (χ1v) is 18.3. The first-order chi connectivity index (χ1) is 16.1. The summed E-state index contributed by atoms with van der Waals surface area (Å²) in [6, 6.07) is 0. The molecule has 0 amide bonds. The molecule has 3 atom stereocenters. The van der Waals surface area contributed by atoms with Crippen molar-refractivity contribution in [2.75, 3.05) is 0 Å². The van der Waals surface area contributed by atoms with Crippen LogP contribution in [0.1, 0.15) is 151 Å². The van der Waals surface area contributed by atoms with E-state index in [-0.39, 0.29) is 47.8 Å². The van der Waals surface area contributed by atoms with Gasteiger partial charge in [-0.25, -0.2) is 0 Å². The van der Waals surface area contributed by atoms with Gasteiger partial charge < -0.3 is 14.9 Å². The van der Waals surface area contributed by atoms with Crippen LogP contribution in [0, 0.1) is 20.8 Å². The zero-order chi connectivity index (χ0) is 24.8. The molecule has 3 heteroatoms. The molecular weight excluding hydrogens is 526 g/mol. The second-order valence-electron chi connectivity index (χ2n) is 14.0. The van der Waals surface area contributed by atoms with Crippen LogP contribution in [0.4, 0.5) is 0 Å². The average Bonchev–Trinajstić information content (AvgIpc) is 3.49. The monoisotopic (exact) mass is 592 g/mol. The van der Waals surface area contributed by atoms with E-state index < -0.39 is 0 Å². The van der Waals surface area contributed by atoms with E-state index in [1.807, 2.05) is 0 Å². The van der Waals surface area contributed by atoms with Gasteiger partial charge >= 0.3 is 17.1 Å². The van der Waals surface area contributed by atoms with Crippen LogP contribution in [-0.2, 0) is 17.1 Å². The molecule has 0 N–H and O–H groups in total. The Morgan fingerprint density at radius 2 is 1.03 bits per heavy atom. The van der Waals surface area contributed by atoms with E-state index in [1.165, 1.54) is 38.5 Å². The molecule has 4 aliphatic carbocycles. The molecule has 220 valence electrons. The van der Waals surface area contributed by atoms with Crippen LogP contribution in [0.15, 0.2) is 12.2 Å². The Kier molecular flexibility index (Phi) is 18.4. The number of hydrogen-bond acceptors (Lipinski definition) is 0. The molecule has 0 aromatic heterocycles. The number of hydrogen-bond donors (Lipinski definition) is 0. The SMILES string of the molecule is C1=CCCC1.C[C@@H](C1CCCC1P(C1CCCCC1)C1CCCCC1)P(C(C)(C)C)C(C)(C)C.[CH3-].[CH3-].[Fe+2]. The van der Waals surface area contributed by atoms with E-state index in [0.29, 0.717) is 10.3 Å². The molecule has 37 heavy (non-hydrogen) atoms. The molecular formula is C34H66FeP2. The topological polar surface area (TPSA) is 0 Å². The Hall–Kier alpha value is 1.12. The Balaban J connectivity index is 0.00000145. The van der Waals surface area contributed by atoms with Crippen molar-refractivity contribution in [2.45, 2.75) is 184 Å². The summed E-state index contributed by atoms with van der Waals surface area (Å²) in [7, 11) is 0.253. The van der Waals surface area contributed by atoms with Crippen LogP contribution in [0.25, 0.3) is 0 Å². The van der Waals surface area contributed by atoms with Gasteiger partial charge in [0.25, 0.3) is 0 Å². The quantitative estimate of drug-likeness (QED) is 0.129. The van der Waals surface area contributed by atoms with Gasteiger partial charge in [0.1, 0.15) is 0 Å². The fourth-order valence-corrected chi connectivity index (χ4v) is 18.8. The molecule has 0 heterocycles. The van der Waals surface area contributed by atoms with Crippen LogP contribution in [0.2, 0.25) is 0 Å². The Morgan fingerprint density at radius 3 is 1.38 bits per heavy atom. The van der Waals surface area contributed by atoms with Crippen LogP contribution < -0.4 is 0 Å². The Labute approximate surface area is 249 Å². The van der Waals surface area contributed by atoms with Crippen molar-refractivity contribution in [3.63, 3.8) is 0 Å². The molecule has 0 nitrogen and oxygen atoms in total. The number of rotatable bonds is 5. The third-order valence-corrected chi connectivity index (χ3v) is 17.5. The van der Waals surface area contributed by atoms with Gasteiger partial charge in [0.15, 0.2) is 0 Å². The van der Waals surface area contributed by atoms with E-state index >= 15 is 0 Å². The van der Waals surface area contributed by atoms with Crippen molar-refractivity contribution < 1.29 is 17.1 Å². The summed E-state index contributed by atoms with van der Waals surface area (Å²) >= 11 is 0. The minimum atomic E-state index is 0. The first-order valence-electron chi connectivity index (χ1n) is 15.3. The molecule has 3 saturated carbocycles. The van der Waals surface area contributed by atoms with Crippen molar-refractivity contribution in [1.29, 1.82) is 0 Å². The molecule has 2 unspecified atom stereocenters. The molecule has 3 fully saturated rings.